The van der Waals surface area contributed by atoms with Gasteiger partial charge in [-0.25, -0.2) is 0 Å². The van der Waals surface area contributed by atoms with Gasteiger partial charge < -0.3 is 9.47 Å². The Balaban J connectivity index is 1.64. The highest BCUT2D eigenvalue weighted by atomic mass is 16.7. The van der Waals surface area contributed by atoms with E-state index in [0.29, 0.717) is 13.0 Å². The standard InChI is InChI=1S/C20H22O3/c1-15(13-18(21)16-9-5-3-6-10-16)19-14-22-20(2,23-19)17-11-7-4-8-12-17/h3-12,15,19H,13-14H2,1-2H3. The second-order valence-electron chi connectivity index (χ2n) is 6.25. The summed E-state index contributed by atoms with van der Waals surface area (Å²) in [4.78, 5) is 12.3. The minimum Gasteiger partial charge on any atom is -0.343 e. The third-order valence-electron chi connectivity index (χ3n) is 4.44. The Kier molecular flexibility index (Phi) is 4.60. The summed E-state index contributed by atoms with van der Waals surface area (Å²) in [5.74, 6) is -0.473. The molecular weight excluding hydrogens is 288 g/mol. The molecule has 3 rings (SSSR count). The third kappa shape index (κ3) is 3.52. The highest BCUT2D eigenvalue weighted by Gasteiger charge is 2.41. The van der Waals surface area contributed by atoms with E-state index >= 15 is 0 Å². The Labute approximate surface area is 137 Å². The van der Waals surface area contributed by atoms with Gasteiger partial charge >= 0.3 is 0 Å². The van der Waals surface area contributed by atoms with E-state index in [4.69, 9.17) is 9.47 Å². The fraction of sp³-hybridized carbons (Fsp3) is 0.350. The third-order valence-corrected chi connectivity index (χ3v) is 4.44. The molecule has 2 aromatic carbocycles. The zero-order valence-corrected chi connectivity index (χ0v) is 13.6. The van der Waals surface area contributed by atoms with Crippen LogP contribution in [0.5, 0.6) is 0 Å². The number of ether oxygens (including phenoxy) is 2. The van der Waals surface area contributed by atoms with Gasteiger partial charge in [-0.15, -0.1) is 0 Å². The van der Waals surface area contributed by atoms with Crippen LogP contribution in [0.3, 0.4) is 0 Å². The Morgan fingerprint density at radius 3 is 2.39 bits per heavy atom. The van der Waals surface area contributed by atoms with Crippen molar-refractivity contribution in [2.45, 2.75) is 32.2 Å². The highest BCUT2D eigenvalue weighted by molar-refractivity contribution is 5.96. The summed E-state index contributed by atoms with van der Waals surface area (Å²) < 4.78 is 12.1. The van der Waals surface area contributed by atoms with Crippen LogP contribution in [-0.4, -0.2) is 18.5 Å². The average molecular weight is 310 g/mol. The summed E-state index contributed by atoms with van der Waals surface area (Å²) in [5, 5.41) is 0. The molecule has 3 unspecified atom stereocenters. The molecule has 3 atom stereocenters. The normalized spacial score (nSPS) is 25.2. The Bertz CT molecular complexity index is 653. The molecular formula is C20H22O3. The maximum Gasteiger partial charge on any atom is 0.192 e. The lowest BCUT2D eigenvalue weighted by Gasteiger charge is -2.25. The van der Waals surface area contributed by atoms with Crippen molar-refractivity contribution in [2.75, 3.05) is 6.61 Å². The van der Waals surface area contributed by atoms with Crippen LogP contribution in [0.2, 0.25) is 0 Å². The van der Waals surface area contributed by atoms with E-state index < -0.39 is 5.79 Å². The molecule has 0 amide bonds. The smallest absolute Gasteiger partial charge is 0.192 e. The molecule has 0 saturated carbocycles. The van der Waals surface area contributed by atoms with Crippen LogP contribution >= 0.6 is 0 Å². The van der Waals surface area contributed by atoms with Crippen molar-refractivity contribution in [1.82, 2.24) is 0 Å². The van der Waals surface area contributed by atoms with Gasteiger partial charge in [0.2, 0.25) is 0 Å². The fourth-order valence-corrected chi connectivity index (χ4v) is 2.94. The molecule has 1 heterocycles. The largest absolute Gasteiger partial charge is 0.343 e. The first-order valence-corrected chi connectivity index (χ1v) is 8.04. The molecule has 3 heteroatoms. The number of ketones is 1. The van der Waals surface area contributed by atoms with Gasteiger partial charge in [-0.3, -0.25) is 4.79 Å². The number of Topliss-reactive ketones (excluding diaryl/α,β-unsaturated/α-hetero) is 1. The number of carbonyl (C=O) groups is 1. The summed E-state index contributed by atoms with van der Waals surface area (Å²) in [6.07, 6.45) is 0.385. The molecule has 0 spiro atoms. The highest BCUT2D eigenvalue weighted by Crippen LogP contribution is 2.36. The van der Waals surface area contributed by atoms with Crippen molar-refractivity contribution in [3.8, 4) is 0 Å². The number of hydrogen-bond acceptors (Lipinski definition) is 3. The first kappa shape index (κ1) is 15.9. The molecule has 23 heavy (non-hydrogen) atoms. The van der Waals surface area contributed by atoms with Crippen molar-refractivity contribution in [2.24, 2.45) is 5.92 Å². The van der Waals surface area contributed by atoms with Crippen molar-refractivity contribution in [3.63, 3.8) is 0 Å². The van der Waals surface area contributed by atoms with Crippen molar-refractivity contribution >= 4 is 5.78 Å². The molecule has 1 aliphatic rings. The summed E-state index contributed by atoms with van der Waals surface area (Å²) in [7, 11) is 0. The topological polar surface area (TPSA) is 35.5 Å². The van der Waals surface area contributed by atoms with Crippen molar-refractivity contribution in [3.05, 3.63) is 71.8 Å². The van der Waals surface area contributed by atoms with E-state index in [9.17, 15) is 4.79 Å². The predicted molar refractivity (Wildman–Crippen MR) is 89.2 cm³/mol. The van der Waals surface area contributed by atoms with Gasteiger partial charge in [0, 0.05) is 17.5 Å². The summed E-state index contributed by atoms with van der Waals surface area (Å²) in [6, 6.07) is 19.3. The van der Waals surface area contributed by atoms with Gasteiger partial charge in [-0.05, 0) is 12.8 Å². The van der Waals surface area contributed by atoms with Crippen molar-refractivity contribution < 1.29 is 14.3 Å². The fourth-order valence-electron chi connectivity index (χ4n) is 2.94. The van der Waals surface area contributed by atoms with E-state index in [1.165, 1.54) is 0 Å². The molecule has 1 fully saturated rings. The summed E-state index contributed by atoms with van der Waals surface area (Å²) >= 11 is 0. The Hall–Kier alpha value is -1.97. The molecule has 0 aromatic heterocycles. The predicted octanol–water partition coefficient (Wildman–Crippen LogP) is 4.18. The molecule has 1 saturated heterocycles. The van der Waals surface area contributed by atoms with E-state index in [0.717, 1.165) is 11.1 Å². The molecule has 1 aliphatic heterocycles. The second-order valence-corrected chi connectivity index (χ2v) is 6.25. The second kappa shape index (κ2) is 6.65. The lowest BCUT2D eigenvalue weighted by molar-refractivity contribution is -0.166. The minimum absolute atomic E-state index is 0.0760. The Morgan fingerprint density at radius 2 is 1.74 bits per heavy atom. The first-order chi connectivity index (χ1) is 11.1. The molecule has 2 aromatic rings. The molecule has 120 valence electrons. The minimum atomic E-state index is -0.726. The maximum absolute atomic E-state index is 12.3. The van der Waals surface area contributed by atoms with Crippen LogP contribution in [0.15, 0.2) is 60.7 Å². The van der Waals surface area contributed by atoms with E-state index in [1.54, 1.807) is 0 Å². The maximum atomic E-state index is 12.3. The molecule has 0 bridgehead atoms. The number of hydrogen-bond donors (Lipinski definition) is 0. The molecule has 0 radical (unpaired) electrons. The van der Waals surface area contributed by atoms with Gasteiger partial charge in [0.15, 0.2) is 11.6 Å². The van der Waals surface area contributed by atoms with Crippen LogP contribution in [0.4, 0.5) is 0 Å². The Morgan fingerprint density at radius 1 is 1.13 bits per heavy atom. The van der Waals surface area contributed by atoms with Gasteiger partial charge in [0.25, 0.3) is 0 Å². The molecule has 0 aliphatic carbocycles. The average Bonchev–Trinajstić information content (AvgIpc) is 3.00. The number of rotatable bonds is 5. The number of benzene rings is 2. The summed E-state index contributed by atoms with van der Waals surface area (Å²) in [5.41, 5.74) is 1.76. The number of carbonyl (C=O) groups excluding carboxylic acids is 1. The monoisotopic (exact) mass is 310 g/mol. The van der Waals surface area contributed by atoms with Gasteiger partial charge in [-0.1, -0.05) is 67.6 Å². The van der Waals surface area contributed by atoms with Crippen LogP contribution in [0, 0.1) is 5.92 Å². The zero-order valence-electron chi connectivity index (χ0n) is 13.6. The lowest BCUT2D eigenvalue weighted by atomic mass is 9.95. The van der Waals surface area contributed by atoms with E-state index in [2.05, 4.69) is 0 Å². The van der Waals surface area contributed by atoms with Gasteiger partial charge in [-0.2, -0.15) is 0 Å². The van der Waals surface area contributed by atoms with Crippen molar-refractivity contribution in [1.29, 1.82) is 0 Å². The summed E-state index contributed by atoms with van der Waals surface area (Å²) in [6.45, 7) is 4.49. The zero-order chi connectivity index (χ0) is 16.3. The van der Waals surface area contributed by atoms with Crippen LogP contribution in [-0.2, 0) is 15.3 Å². The first-order valence-electron chi connectivity index (χ1n) is 8.04. The van der Waals surface area contributed by atoms with E-state index in [1.807, 2.05) is 74.5 Å². The van der Waals surface area contributed by atoms with Crippen LogP contribution in [0.25, 0.3) is 0 Å². The molecule has 3 nitrogen and oxygen atoms in total. The molecule has 0 N–H and O–H groups in total. The van der Waals surface area contributed by atoms with Gasteiger partial charge in [0.1, 0.15) is 0 Å². The SMILES string of the molecule is CC(CC(=O)c1ccccc1)C1COC(C)(c2ccccc2)O1. The van der Waals surface area contributed by atoms with Gasteiger partial charge in [0.05, 0.1) is 12.7 Å². The van der Waals surface area contributed by atoms with E-state index in [-0.39, 0.29) is 17.8 Å². The van der Waals surface area contributed by atoms with Crippen LogP contribution in [0.1, 0.15) is 36.2 Å². The lowest BCUT2D eigenvalue weighted by Crippen LogP contribution is -2.27. The quantitative estimate of drug-likeness (QED) is 0.777. The van der Waals surface area contributed by atoms with Crippen LogP contribution < -0.4 is 0 Å².